The fourth-order valence-electron chi connectivity index (χ4n) is 4.15. The van der Waals surface area contributed by atoms with Gasteiger partial charge in [0, 0.05) is 11.7 Å². The van der Waals surface area contributed by atoms with E-state index in [0.29, 0.717) is 17.2 Å². The Morgan fingerprint density at radius 3 is 2.35 bits per heavy atom. The molecule has 5 N–H and O–H groups in total. The van der Waals surface area contributed by atoms with Crippen LogP contribution in [0.25, 0.3) is 0 Å². The minimum atomic E-state index is -1.09. The van der Waals surface area contributed by atoms with Gasteiger partial charge in [0.15, 0.2) is 11.7 Å². The average molecular weight is 482 g/mol. The molecule has 3 aromatic rings. The Kier molecular flexibility index (Phi) is 6.69. The van der Waals surface area contributed by atoms with Gasteiger partial charge in [0.05, 0.1) is 5.69 Å². The van der Waals surface area contributed by atoms with Crippen LogP contribution in [0.2, 0.25) is 0 Å². The first-order chi connectivity index (χ1) is 16.3. The molecule has 1 fully saturated rings. The van der Waals surface area contributed by atoms with Crippen LogP contribution in [-0.4, -0.2) is 28.1 Å². The quantitative estimate of drug-likeness (QED) is 0.471. The maximum Gasteiger partial charge on any atom is 0.273 e. The van der Waals surface area contributed by atoms with E-state index in [1.165, 1.54) is 4.90 Å². The molecule has 0 unspecified atom stereocenters. The Labute approximate surface area is 201 Å². The Morgan fingerprint density at radius 1 is 1.12 bits per heavy atom. The van der Waals surface area contributed by atoms with E-state index in [9.17, 15) is 14.4 Å². The van der Waals surface area contributed by atoms with Gasteiger partial charge in [-0.1, -0.05) is 30.5 Å². The van der Waals surface area contributed by atoms with Crippen LogP contribution in [0.5, 0.6) is 0 Å². The molecule has 1 aromatic carbocycles. The highest BCUT2D eigenvalue weighted by Crippen LogP contribution is 2.34. The molecule has 9 nitrogen and oxygen atoms in total. The van der Waals surface area contributed by atoms with Crippen molar-refractivity contribution in [1.29, 1.82) is 0 Å². The summed E-state index contributed by atoms with van der Waals surface area (Å²) in [5.74, 6) is -0.828. The summed E-state index contributed by atoms with van der Waals surface area (Å²) in [6.45, 7) is 3.70. The van der Waals surface area contributed by atoms with Gasteiger partial charge >= 0.3 is 0 Å². The fourth-order valence-corrected chi connectivity index (χ4v) is 4.89. The number of hydrogen-bond acceptors (Lipinski definition) is 7. The molecule has 2 heterocycles. The highest BCUT2D eigenvalue weighted by molar-refractivity contribution is 7.09. The lowest BCUT2D eigenvalue weighted by Crippen LogP contribution is -2.46. The van der Waals surface area contributed by atoms with E-state index >= 15 is 0 Å². The number of nitrogen functional groups attached to an aromatic ring is 1. The van der Waals surface area contributed by atoms with E-state index in [-0.39, 0.29) is 28.2 Å². The Morgan fingerprint density at radius 2 is 1.79 bits per heavy atom. The van der Waals surface area contributed by atoms with Crippen LogP contribution in [0.4, 0.5) is 11.4 Å². The fraction of sp³-hybridized carbons (Fsp3) is 0.333. The summed E-state index contributed by atoms with van der Waals surface area (Å²) >= 11 is 0.772. The first kappa shape index (κ1) is 23.5. The molecule has 0 bridgehead atoms. The number of nitrogens with two attached hydrogens (primary N) is 2. The molecule has 0 aliphatic heterocycles. The summed E-state index contributed by atoms with van der Waals surface area (Å²) in [6.07, 6.45) is 3.86. The SMILES string of the molecule is Cc1ccc(N(C(=O)c2snc(C(N)=O)c2N)[C@@H](C(=O)NC2CCCC2)c2ccc(C)o2)cc1. The molecule has 3 amide bonds. The molecule has 0 saturated heterocycles. The summed E-state index contributed by atoms with van der Waals surface area (Å²) in [4.78, 5) is 40.6. The van der Waals surface area contributed by atoms with Crippen molar-refractivity contribution in [3.63, 3.8) is 0 Å². The summed E-state index contributed by atoms with van der Waals surface area (Å²) in [6, 6.07) is 9.58. The van der Waals surface area contributed by atoms with Crippen molar-refractivity contribution in [3.8, 4) is 0 Å². The van der Waals surface area contributed by atoms with Crippen molar-refractivity contribution in [1.82, 2.24) is 9.69 Å². The first-order valence-electron chi connectivity index (χ1n) is 11.1. The number of nitrogens with zero attached hydrogens (tertiary/aromatic N) is 2. The number of anilines is 2. The second-order valence-electron chi connectivity index (χ2n) is 8.49. The van der Waals surface area contributed by atoms with Crippen molar-refractivity contribution < 1.29 is 18.8 Å². The largest absolute Gasteiger partial charge is 0.464 e. The molecule has 0 radical (unpaired) electrons. The van der Waals surface area contributed by atoms with E-state index in [4.69, 9.17) is 15.9 Å². The standard InChI is InChI=1S/C24H27N5O4S/c1-13-7-10-16(11-8-13)29(24(32)21-18(25)19(22(26)30)28-34-21)20(17-12-9-14(2)33-17)23(31)27-15-5-3-4-6-15/h7-12,15,20H,3-6,25H2,1-2H3,(H2,26,30)(H,27,31)/t20-/m1/s1. The van der Waals surface area contributed by atoms with Crippen molar-refractivity contribution >= 4 is 40.6 Å². The maximum absolute atomic E-state index is 13.9. The van der Waals surface area contributed by atoms with Gasteiger partial charge in [0.2, 0.25) is 0 Å². The number of primary amides is 1. The molecule has 10 heteroatoms. The van der Waals surface area contributed by atoms with E-state index < -0.39 is 17.9 Å². The highest BCUT2D eigenvalue weighted by atomic mass is 32.1. The van der Waals surface area contributed by atoms with Crippen LogP contribution in [0.1, 0.15) is 69.0 Å². The van der Waals surface area contributed by atoms with Gasteiger partial charge in [-0.3, -0.25) is 19.3 Å². The van der Waals surface area contributed by atoms with E-state index in [1.54, 1.807) is 31.2 Å². The number of carbonyl (C=O) groups is 3. The molecule has 178 valence electrons. The van der Waals surface area contributed by atoms with Gasteiger partial charge < -0.3 is 21.2 Å². The van der Waals surface area contributed by atoms with Crippen LogP contribution in [0.3, 0.4) is 0 Å². The second kappa shape index (κ2) is 9.68. The Hall–Kier alpha value is -3.66. The van der Waals surface area contributed by atoms with Crippen molar-refractivity contribution in [2.45, 2.75) is 51.6 Å². The van der Waals surface area contributed by atoms with Gasteiger partial charge in [0.25, 0.3) is 17.7 Å². The minimum absolute atomic E-state index is 0.0244. The predicted molar refractivity (Wildman–Crippen MR) is 130 cm³/mol. The number of carbonyl (C=O) groups excluding carboxylic acids is 3. The smallest absolute Gasteiger partial charge is 0.273 e. The zero-order valence-electron chi connectivity index (χ0n) is 19.0. The molecule has 2 aromatic heterocycles. The number of aryl methyl sites for hydroxylation is 2. The summed E-state index contributed by atoms with van der Waals surface area (Å²) in [5.41, 5.74) is 12.6. The molecule has 34 heavy (non-hydrogen) atoms. The number of hydrogen-bond donors (Lipinski definition) is 3. The van der Waals surface area contributed by atoms with Crippen LogP contribution < -0.4 is 21.7 Å². The third-order valence-corrected chi connectivity index (χ3v) is 6.78. The monoisotopic (exact) mass is 481 g/mol. The topological polar surface area (TPSA) is 145 Å². The summed E-state index contributed by atoms with van der Waals surface area (Å²) in [7, 11) is 0. The number of nitrogens with one attached hydrogen (secondary N) is 1. The molecule has 1 aliphatic carbocycles. The molecular formula is C24H27N5O4S. The maximum atomic E-state index is 13.9. The normalized spacial score (nSPS) is 14.6. The third-order valence-electron chi connectivity index (χ3n) is 5.93. The summed E-state index contributed by atoms with van der Waals surface area (Å²) < 4.78 is 9.81. The van der Waals surface area contributed by atoms with Crippen molar-refractivity contribution in [2.24, 2.45) is 5.73 Å². The number of furan rings is 1. The van der Waals surface area contributed by atoms with Gasteiger partial charge in [-0.15, -0.1) is 0 Å². The van der Waals surface area contributed by atoms with Gasteiger partial charge in [-0.25, -0.2) is 0 Å². The van der Waals surface area contributed by atoms with E-state index in [1.807, 2.05) is 19.1 Å². The predicted octanol–water partition coefficient (Wildman–Crippen LogP) is 3.48. The molecule has 1 atom stereocenters. The van der Waals surface area contributed by atoms with Crippen molar-refractivity contribution in [3.05, 3.63) is 64.1 Å². The zero-order chi connectivity index (χ0) is 24.4. The van der Waals surface area contributed by atoms with E-state index in [2.05, 4.69) is 9.69 Å². The number of amides is 3. The lowest BCUT2D eigenvalue weighted by molar-refractivity contribution is -0.123. The zero-order valence-corrected chi connectivity index (χ0v) is 19.9. The van der Waals surface area contributed by atoms with Crippen LogP contribution in [0.15, 0.2) is 40.8 Å². The highest BCUT2D eigenvalue weighted by Gasteiger charge is 2.38. The Bertz CT molecular complexity index is 1210. The van der Waals surface area contributed by atoms with Crippen LogP contribution in [0, 0.1) is 13.8 Å². The number of aromatic nitrogens is 1. The Balaban J connectivity index is 1.82. The van der Waals surface area contributed by atoms with Gasteiger partial charge in [-0.2, -0.15) is 4.37 Å². The van der Waals surface area contributed by atoms with Gasteiger partial charge in [-0.05, 0) is 62.5 Å². The lowest BCUT2D eigenvalue weighted by Gasteiger charge is -2.30. The number of benzene rings is 1. The first-order valence-corrected chi connectivity index (χ1v) is 11.9. The van der Waals surface area contributed by atoms with Gasteiger partial charge in [0.1, 0.15) is 16.4 Å². The third kappa shape index (κ3) is 4.67. The lowest BCUT2D eigenvalue weighted by atomic mass is 10.1. The van der Waals surface area contributed by atoms with Crippen molar-refractivity contribution in [2.75, 3.05) is 10.6 Å². The molecular weight excluding hydrogens is 454 g/mol. The molecule has 4 rings (SSSR count). The summed E-state index contributed by atoms with van der Waals surface area (Å²) in [5, 5.41) is 3.08. The number of rotatable bonds is 7. The molecule has 1 aliphatic rings. The molecule has 0 spiro atoms. The second-order valence-corrected chi connectivity index (χ2v) is 9.26. The average Bonchev–Trinajstić information content (AvgIpc) is 3.54. The minimum Gasteiger partial charge on any atom is -0.464 e. The van der Waals surface area contributed by atoms with Crippen LogP contribution >= 0.6 is 11.5 Å². The van der Waals surface area contributed by atoms with Crippen LogP contribution in [-0.2, 0) is 4.79 Å². The van der Waals surface area contributed by atoms with E-state index in [0.717, 1.165) is 42.8 Å². The molecule has 1 saturated carbocycles.